The number of benzene rings is 2. The number of carbonyl (C=O) groups excluding carboxylic acids is 1. The first kappa shape index (κ1) is 16.3. The summed E-state index contributed by atoms with van der Waals surface area (Å²) in [6.45, 7) is 6.22. The van der Waals surface area contributed by atoms with Crippen molar-refractivity contribution in [1.82, 2.24) is 5.32 Å². The molecule has 0 saturated heterocycles. The lowest BCUT2D eigenvalue weighted by molar-refractivity contribution is 0.0931. The van der Waals surface area contributed by atoms with Crippen LogP contribution in [0.1, 0.15) is 46.8 Å². The minimum absolute atomic E-state index is 0.0176. The van der Waals surface area contributed by atoms with Crippen molar-refractivity contribution in [2.45, 2.75) is 45.1 Å². The van der Waals surface area contributed by atoms with E-state index >= 15 is 0 Å². The van der Waals surface area contributed by atoms with Crippen molar-refractivity contribution >= 4 is 21.8 Å². The Hall–Kier alpha value is -1.61. The smallest absolute Gasteiger partial charge is 0.251 e. The maximum absolute atomic E-state index is 12.6. The summed E-state index contributed by atoms with van der Waals surface area (Å²) in [5.41, 5.74) is 4.51. The second-order valence-corrected chi connectivity index (χ2v) is 7.57. The molecule has 3 rings (SSSR count). The molecule has 1 aliphatic carbocycles. The van der Waals surface area contributed by atoms with Crippen molar-refractivity contribution in [3.8, 4) is 0 Å². The van der Waals surface area contributed by atoms with Gasteiger partial charge < -0.3 is 5.32 Å². The largest absolute Gasteiger partial charge is 0.349 e. The molecule has 2 aromatic carbocycles. The lowest BCUT2D eigenvalue weighted by Crippen LogP contribution is -2.41. The van der Waals surface area contributed by atoms with Crippen LogP contribution < -0.4 is 5.32 Å². The summed E-state index contributed by atoms with van der Waals surface area (Å²) < 4.78 is 1.09. The van der Waals surface area contributed by atoms with Crippen molar-refractivity contribution in [1.29, 1.82) is 0 Å². The molecule has 1 unspecified atom stereocenters. The summed E-state index contributed by atoms with van der Waals surface area (Å²) in [5.74, 6) is 0.0176. The fraction of sp³-hybridized carbons (Fsp3) is 0.350. The Morgan fingerprint density at radius 1 is 1.09 bits per heavy atom. The van der Waals surface area contributed by atoms with E-state index in [-0.39, 0.29) is 17.4 Å². The topological polar surface area (TPSA) is 29.1 Å². The molecule has 1 atom stereocenters. The van der Waals surface area contributed by atoms with Gasteiger partial charge in [0.25, 0.3) is 5.91 Å². The van der Waals surface area contributed by atoms with E-state index < -0.39 is 0 Å². The Morgan fingerprint density at radius 2 is 1.74 bits per heavy atom. The van der Waals surface area contributed by atoms with Gasteiger partial charge in [-0.1, -0.05) is 34.1 Å². The van der Waals surface area contributed by atoms with Crippen LogP contribution in [0.15, 0.2) is 46.9 Å². The van der Waals surface area contributed by atoms with Crippen LogP contribution in [-0.2, 0) is 5.41 Å². The number of nitrogens with one attached hydrogen (secondary N) is 1. The van der Waals surface area contributed by atoms with E-state index in [4.69, 9.17) is 0 Å². The molecule has 0 spiro atoms. The van der Waals surface area contributed by atoms with Crippen molar-refractivity contribution in [3.05, 3.63) is 69.2 Å². The molecule has 1 aliphatic rings. The first-order valence-corrected chi connectivity index (χ1v) is 8.86. The van der Waals surface area contributed by atoms with E-state index in [1.165, 1.54) is 11.1 Å². The number of carbonyl (C=O) groups is 1. The first-order valence-electron chi connectivity index (χ1n) is 8.06. The lowest BCUT2D eigenvalue weighted by Gasteiger charge is -2.25. The zero-order valence-corrected chi connectivity index (χ0v) is 15.4. The van der Waals surface area contributed by atoms with Crippen LogP contribution >= 0.6 is 15.9 Å². The Morgan fingerprint density at radius 3 is 2.30 bits per heavy atom. The quantitative estimate of drug-likeness (QED) is 0.811. The zero-order chi connectivity index (χ0) is 16.6. The summed E-state index contributed by atoms with van der Waals surface area (Å²) >= 11 is 3.48. The van der Waals surface area contributed by atoms with Crippen LogP contribution in [0, 0.1) is 13.8 Å². The van der Waals surface area contributed by atoms with Crippen molar-refractivity contribution < 1.29 is 4.79 Å². The minimum Gasteiger partial charge on any atom is -0.349 e. The van der Waals surface area contributed by atoms with Crippen LogP contribution in [0.3, 0.4) is 0 Å². The normalized spacial score (nSPS) is 16.7. The highest BCUT2D eigenvalue weighted by atomic mass is 79.9. The molecule has 2 aromatic rings. The van der Waals surface area contributed by atoms with Gasteiger partial charge in [0.15, 0.2) is 0 Å². The van der Waals surface area contributed by atoms with Gasteiger partial charge in [-0.05, 0) is 74.6 Å². The molecular formula is C20H22BrNO. The molecule has 1 fully saturated rings. The van der Waals surface area contributed by atoms with Gasteiger partial charge in [-0.15, -0.1) is 0 Å². The summed E-state index contributed by atoms with van der Waals surface area (Å²) in [7, 11) is 0. The Labute approximate surface area is 146 Å². The monoisotopic (exact) mass is 371 g/mol. The summed E-state index contributed by atoms with van der Waals surface area (Å²) in [5, 5.41) is 3.21. The van der Waals surface area contributed by atoms with Crippen LogP contribution in [0.4, 0.5) is 0 Å². The number of halogens is 1. The molecule has 1 amide bonds. The van der Waals surface area contributed by atoms with Gasteiger partial charge in [0.2, 0.25) is 0 Å². The van der Waals surface area contributed by atoms with E-state index in [9.17, 15) is 4.79 Å². The highest BCUT2D eigenvalue weighted by molar-refractivity contribution is 9.10. The fourth-order valence-electron chi connectivity index (χ4n) is 3.19. The molecule has 3 heteroatoms. The van der Waals surface area contributed by atoms with E-state index in [1.54, 1.807) is 0 Å². The summed E-state index contributed by atoms with van der Waals surface area (Å²) in [6, 6.07) is 14.5. The molecule has 0 radical (unpaired) electrons. The maximum Gasteiger partial charge on any atom is 0.251 e. The van der Waals surface area contributed by atoms with Gasteiger partial charge in [0.1, 0.15) is 0 Å². The average Bonchev–Trinajstić information content (AvgIpc) is 3.32. The first-order chi connectivity index (χ1) is 10.9. The molecular weight excluding hydrogens is 350 g/mol. The van der Waals surface area contributed by atoms with Crippen LogP contribution in [0.25, 0.3) is 0 Å². The van der Waals surface area contributed by atoms with Crippen LogP contribution in [-0.4, -0.2) is 11.9 Å². The molecule has 1 N–H and O–H groups in total. The van der Waals surface area contributed by atoms with Gasteiger partial charge in [0.05, 0.1) is 0 Å². The third-order valence-corrected chi connectivity index (χ3v) is 5.68. The molecule has 23 heavy (non-hydrogen) atoms. The molecule has 1 saturated carbocycles. The minimum atomic E-state index is 0.0176. The fourth-order valence-corrected chi connectivity index (χ4v) is 3.45. The highest BCUT2D eigenvalue weighted by Gasteiger charge is 2.49. The molecule has 120 valence electrons. The Balaban J connectivity index is 1.75. The molecule has 0 heterocycles. The van der Waals surface area contributed by atoms with Gasteiger partial charge in [0, 0.05) is 21.5 Å². The third-order valence-electron chi connectivity index (χ3n) is 5.15. The second kappa shape index (κ2) is 6.12. The van der Waals surface area contributed by atoms with Gasteiger partial charge in [-0.2, -0.15) is 0 Å². The molecule has 0 aromatic heterocycles. The predicted molar refractivity (Wildman–Crippen MR) is 97.9 cm³/mol. The lowest BCUT2D eigenvalue weighted by atomic mass is 9.89. The van der Waals surface area contributed by atoms with Crippen LogP contribution in [0.5, 0.6) is 0 Å². The summed E-state index contributed by atoms with van der Waals surface area (Å²) in [4.78, 5) is 12.6. The summed E-state index contributed by atoms with van der Waals surface area (Å²) in [6.07, 6.45) is 2.26. The van der Waals surface area contributed by atoms with E-state index in [2.05, 4.69) is 59.4 Å². The van der Waals surface area contributed by atoms with Gasteiger partial charge in [-0.25, -0.2) is 0 Å². The number of aryl methyl sites for hydroxylation is 2. The molecule has 0 aliphatic heterocycles. The average molecular weight is 372 g/mol. The number of hydrogen-bond acceptors (Lipinski definition) is 1. The van der Waals surface area contributed by atoms with E-state index in [1.807, 2.05) is 25.1 Å². The van der Waals surface area contributed by atoms with Crippen molar-refractivity contribution in [2.24, 2.45) is 0 Å². The zero-order valence-electron chi connectivity index (χ0n) is 13.8. The SMILES string of the molecule is Cc1ccc(C(=O)NC(C)C2(c3ccc(Br)cc3)CC2)cc1C. The standard InChI is InChI=1S/C20H22BrNO/c1-13-4-5-16(12-14(13)2)19(23)22-15(3)20(10-11-20)17-6-8-18(21)9-7-17/h4-9,12,15H,10-11H2,1-3H3,(H,22,23). The van der Waals surface area contributed by atoms with Crippen molar-refractivity contribution in [3.63, 3.8) is 0 Å². The predicted octanol–water partition coefficient (Wildman–Crippen LogP) is 4.92. The van der Waals surface area contributed by atoms with Gasteiger partial charge >= 0.3 is 0 Å². The highest BCUT2D eigenvalue weighted by Crippen LogP contribution is 2.51. The van der Waals surface area contributed by atoms with Crippen molar-refractivity contribution in [2.75, 3.05) is 0 Å². The van der Waals surface area contributed by atoms with E-state index in [0.717, 1.165) is 28.4 Å². The second-order valence-electron chi connectivity index (χ2n) is 6.66. The van der Waals surface area contributed by atoms with Gasteiger partial charge in [-0.3, -0.25) is 4.79 Å². The van der Waals surface area contributed by atoms with Crippen LogP contribution in [0.2, 0.25) is 0 Å². The molecule has 2 nitrogen and oxygen atoms in total. The number of hydrogen-bond donors (Lipinski definition) is 1. The number of amides is 1. The molecule has 0 bridgehead atoms. The maximum atomic E-state index is 12.6. The number of rotatable bonds is 4. The Kier molecular flexibility index (Phi) is 4.33. The third kappa shape index (κ3) is 3.20. The van der Waals surface area contributed by atoms with E-state index in [0.29, 0.717) is 0 Å². The Bertz CT molecular complexity index is 732.